The molecule has 1 aromatic heterocycles. The Bertz CT molecular complexity index is 684. The number of hydrogen-bond acceptors (Lipinski definition) is 5. The fourth-order valence-electron chi connectivity index (χ4n) is 1.70. The zero-order chi connectivity index (χ0) is 15.9. The first-order chi connectivity index (χ1) is 10.6. The first kappa shape index (κ1) is 16.1. The van der Waals surface area contributed by atoms with Crippen LogP contribution in [0.5, 0.6) is 0 Å². The standard InChI is InChI=1S/C15H14N2O3S2/c1-2-20-14(19)10-6-3-4-7-11(10)16-15(21)17-13(18)12-8-5-9-22-12/h3-9H,2H2,1H3,(H2,16,17,18,21). The van der Waals surface area contributed by atoms with Crippen LogP contribution in [-0.4, -0.2) is 23.6 Å². The van der Waals surface area contributed by atoms with Crippen LogP contribution in [0.15, 0.2) is 41.8 Å². The molecule has 5 nitrogen and oxygen atoms in total. The minimum Gasteiger partial charge on any atom is -0.462 e. The van der Waals surface area contributed by atoms with E-state index in [0.717, 1.165) is 0 Å². The molecule has 2 N–H and O–H groups in total. The number of thiophene rings is 1. The van der Waals surface area contributed by atoms with Gasteiger partial charge >= 0.3 is 5.97 Å². The third-order valence-corrected chi connectivity index (χ3v) is 3.72. The van der Waals surface area contributed by atoms with Crippen molar-refractivity contribution in [1.29, 1.82) is 0 Å². The topological polar surface area (TPSA) is 67.4 Å². The molecule has 2 aromatic rings. The zero-order valence-electron chi connectivity index (χ0n) is 11.8. The number of anilines is 1. The van der Waals surface area contributed by atoms with Gasteiger partial charge in [0.15, 0.2) is 5.11 Å². The maximum Gasteiger partial charge on any atom is 0.340 e. The molecule has 114 valence electrons. The van der Waals surface area contributed by atoms with Crippen molar-refractivity contribution in [3.63, 3.8) is 0 Å². The van der Waals surface area contributed by atoms with Crippen LogP contribution in [0, 0.1) is 0 Å². The largest absolute Gasteiger partial charge is 0.462 e. The third kappa shape index (κ3) is 4.12. The first-order valence-corrected chi connectivity index (χ1v) is 7.82. The van der Waals surface area contributed by atoms with Gasteiger partial charge in [-0.05, 0) is 42.7 Å². The number of esters is 1. The van der Waals surface area contributed by atoms with E-state index in [4.69, 9.17) is 17.0 Å². The summed E-state index contributed by atoms with van der Waals surface area (Å²) in [6.07, 6.45) is 0. The maximum atomic E-state index is 11.9. The Morgan fingerprint density at radius 3 is 2.68 bits per heavy atom. The summed E-state index contributed by atoms with van der Waals surface area (Å²) in [5.74, 6) is -0.737. The summed E-state index contributed by atoms with van der Waals surface area (Å²) in [4.78, 5) is 24.3. The molecule has 2 rings (SSSR count). The summed E-state index contributed by atoms with van der Waals surface area (Å²) in [7, 11) is 0. The predicted molar refractivity (Wildman–Crippen MR) is 90.4 cm³/mol. The quantitative estimate of drug-likeness (QED) is 0.664. The van der Waals surface area contributed by atoms with Crippen LogP contribution in [0.2, 0.25) is 0 Å². The minimum atomic E-state index is -0.446. The number of para-hydroxylation sites is 1. The highest BCUT2D eigenvalue weighted by atomic mass is 32.1. The van der Waals surface area contributed by atoms with E-state index in [-0.39, 0.29) is 17.6 Å². The molecule has 0 saturated heterocycles. The molecule has 7 heteroatoms. The molecular weight excluding hydrogens is 320 g/mol. The van der Waals surface area contributed by atoms with Gasteiger partial charge in [-0.2, -0.15) is 0 Å². The lowest BCUT2D eigenvalue weighted by Crippen LogP contribution is -2.34. The molecule has 1 amide bonds. The summed E-state index contributed by atoms with van der Waals surface area (Å²) in [5, 5.41) is 7.34. The molecular formula is C15H14N2O3S2. The molecule has 0 radical (unpaired) electrons. The highest BCUT2D eigenvalue weighted by Crippen LogP contribution is 2.16. The Morgan fingerprint density at radius 1 is 1.23 bits per heavy atom. The van der Waals surface area contributed by atoms with E-state index in [1.165, 1.54) is 11.3 Å². The van der Waals surface area contributed by atoms with Crippen LogP contribution < -0.4 is 10.6 Å². The van der Waals surface area contributed by atoms with Crippen LogP contribution in [0.1, 0.15) is 27.0 Å². The Labute approximate surface area is 137 Å². The molecule has 0 spiro atoms. The van der Waals surface area contributed by atoms with E-state index in [9.17, 15) is 9.59 Å². The van der Waals surface area contributed by atoms with E-state index in [1.807, 2.05) is 0 Å². The van der Waals surface area contributed by atoms with Crippen molar-refractivity contribution in [2.45, 2.75) is 6.92 Å². The van der Waals surface area contributed by atoms with Crippen molar-refractivity contribution in [3.05, 3.63) is 52.2 Å². The predicted octanol–water partition coefficient (Wildman–Crippen LogP) is 3.05. The average Bonchev–Trinajstić information content (AvgIpc) is 3.02. The molecule has 0 aliphatic rings. The number of thiocarbonyl (C=S) groups is 1. The minimum absolute atomic E-state index is 0.121. The fourth-order valence-corrected chi connectivity index (χ4v) is 2.53. The van der Waals surface area contributed by atoms with Crippen molar-refractivity contribution in [1.82, 2.24) is 5.32 Å². The summed E-state index contributed by atoms with van der Waals surface area (Å²) in [6.45, 7) is 2.02. The van der Waals surface area contributed by atoms with Crippen molar-refractivity contribution in [2.75, 3.05) is 11.9 Å². The van der Waals surface area contributed by atoms with Gasteiger partial charge in [-0.25, -0.2) is 4.79 Å². The van der Waals surface area contributed by atoms with Gasteiger partial charge in [-0.3, -0.25) is 10.1 Å². The van der Waals surface area contributed by atoms with Crippen LogP contribution in [0.25, 0.3) is 0 Å². The molecule has 0 aliphatic carbocycles. The number of nitrogens with one attached hydrogen (secondary N) is 2. The van der Waals surface area contributed by atoms with Gasteiger partial charge in [-0.1, -0.05) is 18.2 Å². The molecule has 0 fully saturated rings. The number of hydrogen-bond donors (Lipinski definition) is 2. The van der Waals surface area contributed by atoms with Crippen molar-refractivity contribution < 1.29 is 14.3 Å². The lowest BCUT2D eigenvalue weighted by molar-refractivity contribution is 0.0527. The second kappa shape index (κ2) is 7.67. The Balaban J connectivity index is 2.05. The molecule has 0 saturated carbocycles. The van der Waals surface area contributed by atoms with Gasteiger partial charge in [0.25, 0.3) is 5.91 Å². The third-order valence-electron chi connectivity index (χ3n) is 2.64. The number of rotatable bonds is 4. The highest BCUT2D eigenvalue weighted by Gasteiger charge is 2.14. The van der Waals surface area contributed by atoms with Crippen molar-refractivity contribution >= 4 is 46.2 Å². The average molecular weight is 334 g/mol. The summed E-state index contributed by atoms with van der Waals surface area (Å²) in [6, 6.07) is 10.3. The number of ether oxygens (including phenoxy) is 1. The Hall–Kier alpha value is -2.25. The second-order valence-electron chi connectivity index (χ2n) is 4.15. The summed E-state index contributed by atoms with van der Waals surface area (Å²) < 4.78 is 4.98. The van der Waals surface area contributed by atoms with Crippen LogP contribution in [-0.2, 0) is 4.74 Å². The maximum absolute atomic E-state index is 11.9. The second-order valence-corrected chi connectivity index (χ2v) is 5.51. The summed E-state index contributed by atoms with van der Waals surface area (Å²) >= 11 is 6.43. The molecule has 1 heterocycles. The first-order valence-electron chi connectivity index (χ1n) is 6.53. The van der Waals surface area contributed by atoms with Gasteiger partial charge < -0.3 is 10.1 Å². The normalized spacial score (nSPS) is 9.86. The SMILES string of the molecule is CCOC(=O)c1ccccc1NC(=S)NC(=O)c1cccs1. The number of carbonyl (C=O) groups is 2. The van der Waals surface area contributed by atoms with Crippen LogP contribution >= 0.6 is 23.6 Å². The highest BCUT2D eigenvalue weighted by molar-refractivity contribution is 7.80. The van der Waals surface area contributed by atoms with Gasteiger partial charge in [0.05, 0.1) is 22.7 Å². The van der Waals surface area contributed by atoms with Gasteiger partial charge in [0, 0.05) is 0 Å². The van der Waals surface area contributed by atoms with Gasteiger partial charge in [0.1, 0.15) is 0 Å². The van der Waals surface area contributed by atoms with E-state index in [0.29, 0.717) is 16.1 Å². The molecule has 0 aliphatic heterocycles. The zero-order valence-corrected chi connectivity index (χ0v) is 13.4. The van der Waals surface area contributed by atoms with E-state index >= 15 is 0 Å². The molecule has 22 heavy (non-hydrogen) atoms. The van der Waals surface area contributed by atoms with Gasteiger partial charge in [0.2, 0.25) is 0 Å². The van der Waals surface area contributed by atoms with E-state index in [1.54, 1.807) is 48.7 Å². The number of carbonyl (C=O) groups excluding carboxylic acids is 2. The Kier molecular flexibility index (Phi) is 5.62. The monoisotopic (exact) mass is 334 g/mol. The molecule has 1 aromatic carbocycles. The van der Waals surface area contributed by atoms with E-state index < -0.39 is 5.97 Å². The van der Waals surface area contributed by atoms with E-state index in [2.05, 4.69) is 10.6 Å². The number of benzene rings is 1. The fraction of sp³-hybridized carbons (Fsp3) is 0.133. The van der Waals surface area contributed by atoms with Crippen LogP contribution in [0.4, 0.5) is 5.69 Å². The van der Waals surface area contributed by atoms with Crippen molar-refractivity contribution in [3.8, 4) is 0 Å². The lowest BCUT2D eigenvalue weighted by atomic mass is 10.2. The lowest BCUT2D eigenvalue weighted by Gasteiger charge is -2.12. The van der Waals surface area contributed by atoms with Crippen molar-refractivity contribution in [2.24, 2.45) is 0 Å². The summed E-state index contributed by atoms with van der Waals surface area (Å²) in [5.41, 5.74) is 0.842. The van der Waals surface area contributed by atoms with Crippen LogP contribution in [0.3, 0.4) is 0 Å². The van der Waals surface area contributed by atoms with Gasteiger partial charge in [-0.15, -0.1) is 11.3 Å². The molecule has 0 unspecified atom stereocenters. The smallest absolute Gasteiger partial charge is 0.340 e. The number of amides is 1. The Morgan fingerprint density at radius 2 is 2.00 bits per heavy atom. The molecule has 0 bridgehead atoms. The molecule has 0 atom stereocenters.